The number of benzene rings is 1. The number of rotatable bonds is 7. The average Bonchev–Trinajstić information content (AvgIpc) is 2.66. The molecule has 0 unspecified atom stereocenters. The summed E-state index contributed by atoms with van der Waals surface area (Å²) in [5, 5.41) is 3.05. The van der Waals surface area contributed by atoms with E-state index >= 15 is 0 Å². The Morgan fingerprint density at radius 1 is 1.15 bits per heavy atom. The van der Waals surface area contributed by atoms with E-state index in [9.17, 15) is 12.8 Å². The van der Waals surface area contributed by atoms with E-state index in [1.165, 1.54) is 24.5 Å². The van der Waals surface area contributed by atoms with Crippen LogP contribution in [0.1, 0.15) is 0 Å². The molecule has 1 saturated heterocycles. The SMILES string of the molecule is O=S(=O)(NCCNc1cc(N2CCOCC2)ncn1)c1cccc(F)c1. The average molecular weight is 381 g/mol. The first-order valence-corrected chi connectivity index (χ1v) is 9.67. The summed E-state index contributed by atoms with van der Waals surface area (Å²) >= 11 is 0. The number of hydrogen-bond acceptors (Lipinski definition) is 7. The lowest BCUT2D eigenvalue weighted by molar-refractivity contribution is 0.122. The number of hydrogen-bond donors (Lipinski definition) is 2. The predicted molar refractivity (Wildman–Crippen MR) is 95.1 cm³/mol. The summed E-state index contributed by atoms with van der Waals surface area (Å²) in [6.07, 6.45) is 1.46. The number of morpholine rings is 1. The second-order valence-electron chi connectivity index (χ2n) is 5.64. The van der Waals surface area contributed by atoms with Gasteiger partial charge < -0.3 is 15.0 Å². The predicted octanol–water partition coefficient (Wildman–Crippen LogP) is 0.843. The van der Waals surface area contributed by atoms with Crippen LogP contribution in [0.4, 0.5) is 16.0 Å². The minimum Gasteiger partial charge on any atom is -0.378 e. The molecule has 1 aromatic carbocycles. The van der Waals surface area contributed by atoms with Gasteiger partial charge in [-0.3, -0.25) is 0 Å². The molecule has 140 valence electrons. The number of anilines is 2. The number of ether oxygens (including phenoxy) is 1. The molecule has 2 aromatic rings. The van der Waals surface area contributed by atoms with Crippen molar-refractivity contribution in [3.63, 3.8) is 0 Å². The van der Waals surface area contributed by atoms with Crippen LogP contribution in [0.3, 0.4) is 0 Å². The maximum atomic E-state index is 13.2. The summed E-state index contributed by atoms with van der Waals surface area (Å²) in [5.41, 5.74) is 0. The summed E-state index contributed by atoms with van der Waals surface area (Å²) in [6, 6.07) is 6.69. The Labute approximate surface area is 151 Å². The van der Waals surface area contributed by atoms with E-state index in [1.807, 2.05) is 6.07 Å². The molecule has 1 aliphatic rings. The molecule has 0 atom stereocenters. The van der Waals surface area contributed by atoms with Gasteiger partial charge in [-0.25, -0.2) is 27.5 Å². The first-order valence-electron chi connectivity index (χ1n) is 8.18. The van der Waals surface area contributed by atoms with E-state index in [-0.39, 0.29) is 11.4 Å². The van der Waals surface area contributed by atoms with Crippen LogP contribution in [0.5, 0.6) is 0 Å². The number of aromatic nitrogens is 2. The molecule has 0 spiro atoms. The van der Waals surface area contributed by atoms with Gasteiger partial charge in [0.05, 0.1) is 18.1 Å². The van der Waals surface area contributed by atoms with Crippen molar-refractivity contribution in [2.45, 2.75) is 4.90 Å². The van der Waals surface area contributed by atoms with Crippen LogP contribution in [0.2, 0.25) is 0 Å². The summed E-state index contributed by atoms with van der Waals surface area (Å²) in [4.78, 5) is 10.4. The van der Waals surface area contributed by atoms with E-state index < -0.39 is 15.8 Å². The Hall–Kier alpha value is -2.30. The molecule has 2 N–H and O–H groups in total. The van der Waals surface area contributed by atoms with Gasteiger partial charge in [0, 0.05) is 32.2 Å². The molecule has 1 fully saturated rings. The zero-order valence-corrected chi connectivity index (χ0v) is 14.9. The van der Waals surface area contributed by atoms with E-state index in [0.29, 0.717) is 25.6 Å². The first kappa shape index (κ1) is 18.5. The van der Waals surface area contributed by atoms with Crippen molar-refractivity contribution in [2.24, 2.45) is 0 Å². The quantitative estimate of drug-likeness (QED) is 0.686. The van der Waals surface area contributed by atoms with Crippen LogP contribution in [0.25, 0.3) is 0 Å². The Bertz CT molecular complexity index is 843. The lowest BCUT2D eigenvalue weighted by Crippen LogP contribution is -2.36. The van der Waals surface area contributed by atoms with Crippen LogP contribution in [-0.2, 0) is 14.8 Å². The van der Waals surface area contributed by atoms with Gasteiger partial charge in [-0.05, 0) is 18.2 Å². The molecule has 0 saturated carbocycles. The Balaban J connectivity index is 1.52. The molecular weight excluding hydrogens is 361 g/mol. The van der Waals surface area contributed by atoms with Crippen molar-refractivity contribution in [1.82, 2.24) is 14.7 Å². The van der Waals surface area contributed by atoms with E-state index in [0.717, 1.165) is 25.0 Å². The van der Waals surface area contributed by atoms with Gasteiger partial charge in [0.2, 0.25) is 10.0 Å². The zero-order valence-electron chi connectivity index (χ0n) is 14.1. The standard InChI is InChI=1S/C16H20FN5O3S/c17-13-2-1-3-14(10-13)26(23,24)21-5-4-18-15-11-16(20-12-19-15)22-6-8-25-9-7-22/h1-3,10-12,21H,4-9H2,(H,18,19,20). The minimum atomic E-state index is -3.75. The second-order valence-corrected chi connectivity index (χ2v) is 7.41. The highest BCUT2D eigenvalue weighted by Gasteiger charge is 2.15. The van der Waals surface area contributed by atoms with Crippen molar-refractivity contribution < 1.29 is 17.5 Å². The van der Waals surface area contributed by atoms with Crippen molar-refractivity contribution >= 4 is 21.7 Å². The zero-order chi connectivity index (χ0) is 18.4. The maximum Gasteiger partial charge on any atom is 0.240 e. The molecule has 8 nitrogen and oxygen atoms in total. The van der Waals surface area contributed by atoms with E-state index in [1.54, 1.807) is 0 Å². The fourth-order valence-corrected chi connectivity index (χ4v) is 3.57. The van der Waals surface area contributed by atoms with Gasteiger partial charge in [-0.2, -0.15) is 0 Å². The van der Waals surface area contributed by atoms with Crippen LogP contribution in [0.15, 0.2) is 41.6 Å². The highest BCUT2D eigenvalue weighted by atomic mass is 32.2. The van der Waals surface area contributed by atoms with Crippen LogP contribution in [0, 0.1) is 5.82 Å². The Morgan fingerprint density at radius 2 is 1.96 bits per heavy atom. The lowest BCUT2D eigenvalue weighted by Gasteiger charge is -2.27. The maximum absolute atomic E-state index is 13.2. The van der Waals surface area contributed by atoms with Crippen molar-refractivity contribution in [3.05, 3.63) is 42.5 Å². The summed E-state index contributed by atoms with van der Waals surface area (Å²) in [7, 11) is -3.75. The molecule has 0 aliphatic carbocycles. The monoisotopic (exact) mass is 381 g/mol. The fraction of sp³-hybridized carbons (Fsp3) is 0.375. The second kappa shape index (κ2) is 8.39. The highest BCUT2D eigenvalue weighted by molar-refractivity contribution is 7.89. The van der Waals surface area contributed by atoms with Gasteiger partial charge in [-0.1, -0.05) is 6.07 Å². The van der Waals surface area contributed by atoms with Gasteiger partial charge in [0.25, 0.3) is 0 Å². The van der Waals surface area contributed by atoms with Crippen molar-refractivity contribution in [2.75, 3.05) is 49.6 Å². The smallest absolute Gasteiger partial charge is 0.240 e. The molecule has 1 aliphatic heterocycles. The molecule has 1 aromatic heterocycles. The van der Waals surface area contributed by atoms with Gasteiger partial charge in [-0.15, -0.1) is 0 Å². The van der Waals surface area contributed by atoms with E-state index in [2.05, 4.69) is 24.9 Å². The van der Waals surface area contributed by atoms with E-state index in [4.69, 9.17) is 4.74 Å². The topological polar surface area (TPSA) is 96.5 Å². The van der Waals surface area contributed by atoms with Gasteiger partial charge >= 0.3 is 0 Å². The highest BCUT2D eigenvalue weighted by Crippen LogP contribution is 2.15. The Kier molecular flexibility index (Phi) is 5.96. The molecule has 0 radical (unpaired) electrons. The molecule has 10 heteroatoms. The third-order valence-electron chi connectivity index (χ3n) is 3.82. The molecular formula is C16H20FN5O3S. The van der Waals surface area contributed by atoms with Crippen LogP contribution in [-0.4, -0.2) is 57.8 Å². The summed E-state index contributed by atoms with van der Waals surface area (Å²) in [5.74, 6) is 0.806. The molecule has 0 bridgehead atoms. The third kappa shape index (κ3) is 4.87. The molecule has 2 heterocycles. The molecule has 26 heavy (non-hydrogen) atoms. The van der Waals surface area contributed by atoms with Crippen molar-refractivity contribution in [1.29, 1.82) is 0 Å². The first-order chi connectivity index (χ1) is 12.5. The molecule has 3 rings (SSSR count). The lowest BCUT2D eigenvalue weighted by atomic mass is 10.4. The number of halogens is 1. The number of nitrogens with one attached hydrogen (secondary N) is 2. The molecule has 0 amide bonds. The fourth-order valence-electron chi connectivity index (χ4n) is 2.50. The summed E-state index contributed by atoms with van der Waals surface area (Å²) < 4.78 is 45.1. The van der Waals surface area contributed by atoms with Crippen LogP contribution >= 0.6 is 0 Å². The summed E-state index contributed by atoms with van der Waals surface area (Å²) in [6.45, 7) is 3.32. The van der Waals surface area contributed by atoms with Crippen LogP contribution < -0.4 is 14.9 Å². The minimum absolute atomic E-state index is 0.103. The third-order valence-corrected chi connectivity index (χ3v) is 5.28. The number of sulfonamides is 1. The van der Waals surface area contributed by atoms with Gasteiger partial charge in [0.1, 0.15) is 23.8 Å². The van der Waals surface area contributed by atoms with Gasteiger partial charge in [0.15, 0.2) is 0 Å². The number of nitrogens with zero attached hydrogens (tertiary/aromatic N) is 3. The van der Waals surface area contributed by atoms with Crippen molar-refractivity contribution in [3.8, 4) is 0 Å². The normalized spacial score (nSPS) is 15.0. The largest absolute Gasteiger partial charge is 0.378 e. The Morgan fingerprint density at radius 3 is 2.73 bits per heavy atom.